The quantitative estimate of drug-likeness (QED) is 0.888. The van der Waals surface area contributed by atoms with E-state index in [-0.39, 0.29) is 0 Å². The molecule has 1 saturated heterocycles. The van der Waals surface area contributed by atoms with Crippen LogP contribution in [0.4, 0.5) is 0 Å². The molecular formula is C14H22N2O2. The standard InChI is InChI=1S/C14H22N2O2/c1-3-16-7-4-5-14(17,6-8-16)12-9-13(18-2)11-15-10-12/h9-11,17H,3-8H2,1-2H3. The lowest BCUT2D eigenvalue weighted by atomic mass is 9.88. The Morgan fingerprint density at radius 1 is 1.39 bits per heavy atom. The first-order valence-electron chi connectivity index (χ1n) is 6.62. The monoisotopic (exact) mass is 250 g/mol. The molecule has 0 bridgehead atoms. The number of methoxy groups -OCH3 is 1. The summed E-state index contributed by atoms with van der Waals surface area (Å²) in [5, 5.41) is 10.8. The molecule has 1 N–H and O–H groups in total. The molecule has 0 radical (unpaired) electrons. The molecule has 0 aliphatic carbocycles. The normalized spacial score (nSPS) is 25.7. The second-order valence-corrected chi connectivity index (χ2v) is 4.93. The summed E-state index contributed by atoms with van der Waals surface area (Å²) in [4.78, 5) is 6.53. The van der Waals surface area contributed by atoms with Gasteiger partial charge in [0.15, 0.2) is 0 Å². The minimum atomic E-state index is -0.758. The van der Waals surface area contributed by atoms with Crippen LogP contribution in [0, 0.1) is 0 Å². The highest BCUT2D eigenvalue weighted by atomic mass is 16.5. The lowest BCUT2D eigenvalue weighted by molar-refractivity contribution is 0.0208. The van der Waals surface area contributed by atoms with Crippen molar-refractivity contribution in [2.75, 3.05) is 26.7 Å². The van der Waals surface area contributed by atoms with Gasteiger partial charge in [-0.15, -0.1) is 0 Å². The molecule has 18 heavy (non-hydrogen) atoms. The Hall–Kier alpha value is -1.13. The molecular weight excluding hydrogens is 228 g/mol. The summed E-state index contributed by atoms with van der Waals surface area (Å²) in [6.45, 7) is 5.21. The maximum atomic E-state index is 10.8. The minimum Gasteiger partial charge on any atom is -0.495 e. The van der Waals surface area contributed by atoms with E-state index in [1.165, 1.54) is 0 Å². The zero-order valence-electron chi connectivity index (χ0n) is 11.2. The number of likely N-dealkylation sites (tertiary alicyclic amines) is 1. The van der Waals surface area contributed by atoms with Crippen LogP contribution in [-0.4, -0.2) is 41.7 Å². The number of rotatable bonds is 3. The Bertz CT molecular complexity index is 397. The van der Waals surface area contributed by atoms with Crippen LogP contribution in [0.1, 0.15) is 31.7 Å². The van der Waals surface area contributed by atoms with Gasteiger partial charge in [0.25, 0.3) is 0 Å². The van der Waals surface area contributed by atoms with Gasteiger partial charge in [0, 0.05) is 18.3 Å². The number of hydrogen-bond acceptors (Lipinski definition) is 4. The molecule has 0 aromatic carbocycles. The Morgan fingerprint density at radius 3 is 2.94 bits per heavy atom. The summed E-state index contributed by atoms with van der Waals surface area (Å²) in [5.74, 6) is 0.706. The van der Waals surface area contributed by atoms with E-state index >= 15 is 0 Å². The first-order chi connectivity index (χ1) is 8.68. The van der Waals surface area contributed by atoms with Crippen molar-refractivity contribution in [1.82, 2.24) is 9.88 Å². The summed E-state index contributed by atoms with van der Waals surface area (Å²) in [6.07, 6.45) is 5.99. The predicted octanol–water partition coefficient (Wildman–Crippen LogP) is 1.78. The van der Waals surface area contributed by atoms with Crippen molar-refractivity contribution in [3.05, 3.63) is 24.0 Å². The minimum absolute atomic E-state index is 0.706. The topological polar surface area (TPSA) is 45.6 Å². The lowest BCUT2D eigenvalue weighted by Gasteiger charge is -2.27. The Labute approximate surface area is 109 Å². The highest BCUT2D eigenvalue weighted by molar-refractivity contribution is 5.28. The van der Waals surface area contributed by atoms with Gasteiger partial charge < -0.3 is 14.7 Å². The van der Waals surface area contributed by atoms with E-state index < -0.39 is 5.60 Å². The average molecular weight is 250 g/mol. The zero-order chi connectivity index (χ0) is 13.0. The van der Waals surface area contributed by atoms with Crippen molar-refractivity contribution < 1.29 is 9.84 Å². The second-order valence-electron chi connectivity index (χ2n) is 4.93. The Morgan fingerprint density at radius 2 is 2.22 bits per heavy atom. The van der Waals surface area contributed by atoms with E-state index in [1.807, 2.05) is 6.07 Å². The van der Waals surface area contributed by atoms with E-state index in [0.29, 0.717) is 5.75 Å². The third-order valence-electron chi connectivity index (χ3n) is 3.84. The first kappa shape index (κ1) is 13.3. The summed E-state index contributed by atoms with van der Waals surface area (Å²) < 4.78 is 5.18. The van der Waals surface area contributed by atoms with Gasteiger partial charge in [-0.1, -0.05) is 6.92 Å². The maximum absolute atomic E-state index is 10.8. The second kappa shape index (κ2) is 5.67. The van der Waals surface area contributed by atoms with E-state index in [2.05, 4.69) is 16.8 Å². The van der Waals surface area contributed by atoms with Crippen molar-refractivity contribution in [2.45, 2.75) is 31.8 Å². The third-order valence-corrected chi connectivity index (χ3v) is 3.84. The molecule has 100 valence electrons. The summed E-state index contributed by atoms with van der Waals surface area (Å²) in [7, 11) is 1.62. The molecule has 1 atom stereocenters. The molecule has 1 fully saturated rings. The van der Waals surface area contributed by atoms with Gasteiger partial charge in [-0.3, -0.25) is 4.98 Å². The van der Waals surface area contributed by atoms with Crippen molar-refractivity contribution in [3.8, 4) is 5.75 Å². The number of aromatic nitrogens is 1. The van der Waals surface area contributed by atoms with Crippen LogP contribution in [0.25, 0.3) is 0 Å². The lowest BCUT2D eigenvalue weighted by Crippen LogP contribution is -2.29. The van der Waals surface area contributed by atoms with Gasteiger partial charge in [0.05, 0.1) is 18.9 Å². The fourth-order valence-corrected chi connectivity index (χ4v) is 2.56. The Balaban J connectivity index is 2.18. The Kier molecular flexibility index (Phi) is 4.19. The maximum Gasteiger partial charge on any atom is 0.137 e. The van der Waals surface area contributed by atoms with Gasteiger partial charge in [-0.25, -0.2) is 0 Å². The van der Waals surface area contributed by atoms with E-state index in [0.717, 1.165) is 44.5 Å². The largest absolute Gasteiger partial charge is 0.495 e. The van der Waals surface area contributed by atoms with Gasteiger partial charge in [0.1, 0.15) is 5.75 Å². The molecule has 0 spiro atoms. The smallest absolute Gasteiger partial charge is 0.137 e. The highest BCUT2D eigenvalue weighted by Crippen LogP contribution is 2.33. The molecule has 2 rings (SSSR count). The fraction of sp³-hybridized carbons (Fsp3) is 0.643. The van der Waals surface area contributed by atoms with Crippen LogP contribution in [-0.2, 0) is 5.60 Å². The number of ether oxygens (including phenoxy) is 1. The van der Waals surface area contributed by atoms with Crippen LogP contribution in [0.15, 0.2) is 18.5 Å². The SMILES string of the molecule is CCN1CCCC(O)(c2cncc(OC)c2)CC1. The first-order valence-corrected chi connectivity index (χ1v) is 6.62. The summed E-state index contributed by atoms with van der Waals surface area (Å²) >= 11 is 0. The van der Waals surface area contributed by atoms with Gasteiger partial charge >= 0.3 is 0 Å². The number of aliphatic hydroxyl groups is 1. The van der Waals surface area contributed by atoms with E-state index in [4.69, 9.17) is 4.74 Å². The van der Waals surface area contributed by atoms with Gasteiger partial charge in [-0.2, -0.15) is 0 Å². The highest BCUT2D eigenvalue weighted by Gasteiger charge is 2.32. The van der Waals surface area contributed by atoms with E-state index in [1.54, 1.807) is 19.5 Å². The molecule has 1 aliphatic heterocycles. The van der Waals surface area contributed by atoms with Gasteiger partial charge in [-0.05, 0) is 38.4 Å². The van der Waals surface area contributed by atoms with Crippen LogP contribution < -0.4 is 4.74 Å². The van der Waals surface area contributed by atoms with Crippen molar-refractivity contribution >= 4 is 0 Å². The van der Waals surface area contributed by atoms with Crippen molar-refractivity contribution in [2.24, 2.45) is 0 Å². The molecule has 1 unspecified atom stereocenters. The summed E-state index contributed by atoms with van der Waals surface area (Å²) in [5.41, 5.74) is 0.116. The van der Waals surface area contributed by atoms with Crippen LogP contribution >= 0.6 is 0 Å². The number of nitrogens with zero attached hydrogens (tertiary/aromatic N) is 2. The van der Waals surface area contributed by atoms with E-state index in [9.17, 15) is 5.11 Å². The fourth-order valence-electron chi connectivity index (χ4n) is 2.56. The molecule has 1 aromatic heterocycles. The molecule has 4 nitrogen and oxygen atoms in total. The summed E-state index contributed by atoms with van der Waals surface area (Å²) in [6, 6.07) is 1.90. The molecule has 2 heterocycles. The number of pyridine rings is 1. The average Bonchev–Trinajstić information content (AvgIpc) is 2.61. The molecule has 1 aromatic rings. The van der Waals surface area contributed by atoms with Crippen molar-refractivity contribution in [1.29, 1.82) is 0 Å². The van der Waals surface area contributed by atoms with Gasteiger partial charge in [0.2, 0.25) is 0 Å². The molecule has 0 saturated carbocycles. The van der Waals surface area contributed by atoms with Crippen LogP contribution in [0.3, 0.4) is 0 Å². The predicted molar refractivity (Wildman–Crippen MR) is 70.7 cm³/mol. The third kappa shape index (κ3) is 2.82. The van der Waals surface area contributed by atoms with Crippen LogP contribution in [0.5, 0.6) is 5.75 Å². The zero-order valence-corrected chi connectivity index (χ0v) is 11.2. The molecule has 4 heteroatoms. The molecule has 1 aliphatic rings. The van der Waals surface area contributed by atoms with Crippen LogP contribution in [0.2, 0.25) is 0 Å². The van der Waals surface area contributed by atoms with Crippen molar-refractivity contribution in [3.63, 3.8) is 0 Å². The number of hydrogen-bond donors (Lipinski definition) is 1. The molecule has 0 amide bonds.